The van der Waals surface area contributed by atoms with E-state index in [1.807, 2.05) is 0 Å². The topological polar surface area (TPSA) is 12.4 Å². The Morgan fingerprint density at radius 3 is 2.29 bits per heavy atom. The third kappa shape index (κ3) is 8.10. The second kappa shape index (κ2) is 13.9. The van der Waals surface area contributed by atoms with Gasteiger partial charge in [-0.15, -0.1) is 0 Å². The molecule has 0 heterocycles. The summed E-state index contributed by atoms with van der Waals surface area (Å²) >= 11 is 0. The first-order chi connectivity index (χ1) is 16.2. The zero-order valence-electron chi connectivity index (χ0n) is 23.3. The minimum absolute atomic E-state index is 0.500. The summed E-state index contributed by atoms with van der Waals surface area (Å²) in [5.41, 5.74) is 11.1. The molecule has 0 unspecified atom stereocenters. The van der Waals surface area contributed by atoms with E-state index in [0.29, 0.717) is 5.41 Å². The lowest BCUT2D eigenvalue weighted by Gasteiger charge is -2.37. The minimum Gasteiger partial charge on any atom is -0.289 e. The maximum atomic E-state index is 5.10. The zero-order chi connectivity index (χ0) is 25.1. The van der Waals surface area contributed by atoms with Crippen molar-refractivity contribution in [2.75, 3.05) is 6.54 Å². The number of hydrogen-bond acceptors (Lipinski definition) is 1. The van der Waals surface area contributed by atoms with Crippen molar-refractivity contribution < 1.29 is 0 Å². The molecule has 0 atom stereocenters. The Hall–Kier alpha value is -1.89. The van der Waals surface area contributed by atoms with Crippen molar-refractivity contribution in [2.24, 2.45) is 10.4 Å². The fourth-order valence-corrected chi connectivity index (χ4v) is 5.92. The van der Waals surface area contributed by atoms with Crippen LogP contribution in [0.3, 0.4) is 0 Å². The summed E-state index contributed by atoms with van der Waals surface area (Å²) in [5.74, 6) is 0. The van der Waals surface area contributed by atoms with Gasteiger partial charge in [0.2, 0.25) is 0 Å². The van der Waals surface area contributed by atoms with Crippen LogP contribution in [0.5, 0.6) is 0 Å². The first-order valence-electron chi connectivity index (χ1n) is 13.9. The van der Waals surface area contributed by atoms with Crippen LogP contribution in [0.1, 0.15) is 121 Å². The summed E-state index contributed by atoms with van der Waals surface area (Å²) in [6.45, 7) is 23.1. The summed E-state index contributed by atoms with van der Waals surface area (Å²) in [6.07, 6.45) is 15.1. The molecular formula is C33H51N. The fraction of sp³-hybridized carbons (Fsp3) is 0.606. The van der Waals surface area contributed by atoms with Crippen molar-refractivity contribution in [3.8, 4) is 0 Å². The summed E-state index contributed by atoms with van der Waals surface area (Å²) in [6, 6.07) is 6.67. The molecule has 1 saturated carbocycles. The van der Waals surface area contributed by atoms with Crippen LogP contribution in [-0.2, 0) is 0 Å². The fourth-order valence-electron chi connectivity index (χ4n) is 5.92. The molecule has 0 bridgehead atoms. The average Bonchev–Trinajstić information content (AvgIpc) is 2.81. The van der Waals surface area contributed by atoms with Crippen molar-refractivity contribution in [3.63, 3.8) is 0 Å². The van der Waals surface area contributed by atoms with Gasteiger partial charge in [-0.05, 0) is 106 Å². The van der Waals surface area contributed by atoms with Gasteiger partial charge in [0.25, 0.3) is 0 Å². The molecule has 0 radical (unpaired) electrons. The van der Waals surface area contributed by atoms with Crippen LogP contribution in [0.25, 0.3) is 5.57 Å². The molecule has 0 aromatic heterocycles. The Kier molecular flexibility index (Phi) is 11.6. The molecule has 1 heteroatoms. The molecule has 1 aromatic rings. The number of rotatable bonds is 13. The minimum atomic E-state index is 0.500. The van der Waals surface area contributed by atoms with Crippen LogP contribution < -0.4 is 0 Å². The molecule has 1 aromatic carbocycles. The van der Waals surface area contributed by atoms with Crippen LogP contribution in [0.4, 0.5) is 0 Å². The van der Waals surface area contributed by atoms with Crippen molar-refractivity contribution in [1.82, 2.24) is 0 Å². The van der Waals surface area contributed by atoms with E-state index in [1.165, 1.54) is 102 Å². The van der Waals surface area contributed by atoms with E-state index < -0.39 is 0 Å². The highest BCUT2D eigenvalue weighted by Crippen LogP contribution is 2.44. The molecule has 188 valence electrons. The Morgan fingerprint density at radius 2 is 1.68 bits per heavy atom. The van der Waals surface area contributed by atoms with E-state index in [2.05, 4.69) is 72.9 Å². The maximum Gasteiger partial charge on any atom is 0.0419 e. The van der Waals surface area contributed by atoms with Gasteiger partial charge in [0.1, 0.15) is 0 Å². The van der Waals surface area contributed by atoms with Gasteiger partial charge in [0.15, 0.2) is 0 Å². The Balaban J connectivity index is 1.95. The van der Waals surface area contributed by atoms with Crippen LogP contribution >= 0.6 is 0 Å². The summed E-state index contributed by atoms with van der Waals surface area (Å²) in [5, 5.41) is 0. The highest BCUT2D eigenvalue weighted by atomic mass is 14.7. The Labute approximate surface area is 211 Å². The third-order valence-electron chi connectivity index (χ3n) is 7.99. The molecule has 1 aliphatic carbocycles. The van der Waals surface area contributed by atoms with Crippen LogP contribution in [0, 0.1) is 19.3 Å². The monoisotopic (exact) mass is 461 g/mol. The smallest absolute Gasteiger partial charge is 0.0419 e. The largest absolute Gasteiger partial charge is 0.289 e. The quantitative estimate of drug-likeness (QED) is 0.157. The molecule has 0 N–H and O–H groups in total. The number of allylic oxidation sites excluding steroid dienone is 4. The van der Waals surface area contributed by atoms with Gasteiger partial charge in [-0.2, -0.15) is 0 Å². The standard InChI is InChI=1S/C33H51N/c1-9-31(32(25(3)4)29(8)24-33(10-2)20-14-12-15-21-33)34-22-16-11-13-17-27(6)30-23-26(5)18-19-28(30)7/h18-19,23H,3,6,9-17,20-22,24H2,1-2,4-5,7-8H3/b32-29+,34-31?. The number of hydrogen-bond donors (Lipinski definition) is 0. The molecule has 1 fully saturated rings. The van der Waals surface area contributed by atoms with E-state index in [0.717, 1.165) is 25.8 Å². The molecule has 1 aliphatic rings. The van der Waals surface area contributed by atoms with E-state index in [1.54, 1.807) is 0 Å². The number of unbranched alkanes of at least 4 members (excludes halogenated alkanes) is 2. The molecule has 1 nitrogen and oxygen atoms in total. The van der Waals surface area contributed by atoms with Gasteiger partial charge in [-0.3, -0.25) is 4.99 Å². The van der Waals surface area contributed by atoms with Gasteiger partial charge >= 0.3 is 0 Å². The predicted molar refractivity (Wildman–Crippen MR) is 154 cm³/mol. The molecule has 0 saturated heterocycles. The molecular weight excluding hydrogens is 410 g/mol. The lowest BCUT2D eigenvalue weighted by atomic mass is 9.68. The molecule has 0 aliphatic heterocycles. The van der Waals surface area contributed by atoms with E-state index in [-0.39, 0.29) is 0 Å². The molecule has 34 heavy (non-hydrogen) atoms. The normalized spacial score (nSPS) is 16.8. The number of aryl methyl sites for hydroxylation is 2. The Bertz CT molecular complexity index is 889. The lowest BCUT2D eigenvalue weighted by molar-refractivity contribution is 0.179. The van der Waals surface area contributed by atoms with Crippen molar-refractivity contribution in [2.45, 2.75) is 119 Å². The summed E-state index contributed by atoms with van der Waals surface area (Å²) in [7, 11) is 0. The summed E-state index contributed by atoms with van der Waals surface area (Å²) in [4.78, 5) is 5.10. The molecule has 0 amide bonds. The van der Waals surface area contributed by atoms with Gasteiger partial charge in [0, 0.05) is 12.3 Å². The van der Waals surface area contributed by atoms with Gasteiger partial charge in [-0.25, -0.2) is 0 Å². The van der Waals surface area contributed by atoms with Crippen LogP contribution in [0.2, 0.25) is 0 Å². The average molecular weight is 462 g/mol. The predicted octanol–water partition coefficient (Wildman–Crippen LogP) is 10.4. The Morgan fingerprint density at radius 1 is 0.971 bits per heavy atom. The van der Waals surface area contributed by atoms with Crippen LogP contribution in [0.15, 0.2) is 53.1 Å². The maximum absolute atomic E-state index is 5.10. The van der Waals surface area contributed by atoms with Crippen LogP contribution in [-0.4, -0.2) is 12.3 Å². The van der Waals surface area contributed by atoms with Gasteiger partial charge < -0.3 is 0 Å². The number of aliphatic imine (C=N–C) groups is 1. The first kappa shape index (κ1) is 28.3. The van der Waals surface area contributed by atoms with E-state index >= 15 is 0 Å². The highest BCUT2D eigenvalue weighted by Gasteiger charge is 2.31. The molecule has 2 rings (SSSR count). The van der Waals surface area contributed by atoms with Crippen molar-refractivity contribution >= 4 is 11.3 Å². The highest BCUT2D eigenvalue weighted by molar-refractivity contribution is 6.04. The van der Waals surface area contributed by atoms with Crippen molar-refractivity contribution in [3.05, 3.63) is 64.8 Å². The third-order valence-corrected chi connectivity index (χ3v) is 7.99. The second-order valence-electron chi connectivity index (χ2n) is 10.9. The zero-order valence-corrected chi connectivity index (χ0v) is 23.3. The van der Waals surface area contributed by atoms with Gasteiger partial charge in [0.05, 0.1) is 0 Å². The molecule has 0 spiro atoms. The van der Waals surface area contributed by atoms with E-state index in [9.17, 15) is 0 Å². The lowest BCUT2D eigenvalue weighted by Crippen LogP contribution is -2.24. The number of nitrogens with zero attached hydrogens (tertiary/aromatic N) is 1. The van der Waals surface area contributed by atoms with Gasteiger partial charge in [-0.1, -0.05) is 88.4 Å². The SMILES string of the molecule is C=C(C)/C(C(CC)=NCCCCCC(=C)c1cc(C)ccc1C)=C(/C)CC1(CC)CCCCC1. The number of benzene rings is 1. The summed E-state index contributed by atoms with van der Waals surface area (Å²) < 4.78 is 0. The van der Waals surface area contributed by atoms with E-state index in [4.69, 9.17) is 4.99 Å². The van der Waals surface area contributed by atoms with Crippen molar-refractivity contribution in [1.29, 1.82) is 0 Å². The first-order valence-corrected chi connectivity index (χ1v) is 13.9. The second-order valence-corrected chi connectivity index (χ2v) is 10.9.